The van der Waals surface area contributed by atoms with Gasteiger partial charge >= 0.3 is 0 Å². The second kappa shape index (κ2) is 11.2. The zero-order valence-corrected chi connectivity index (χ0v) is 23.9. The molecule has 11 heteroatoms. The Bertz CT molecular complexity index is 1170. The van der Waals surface area contributed by atoms with E-state index in [-0.39, 0.29) is 17.9 Å². The summed E-state index contributed by atoms with van der Waals surface area (Å²) in [5.74, 6) is -0.610. The molecule has 2 N–H and O–H groups in total. The van der Waals surface area contributed by atoms with Crippen molar-refractivity contribution in [3.8, 4) is 0 Å². The van der Waals surface area contributed by atoms with Crippen molar-refractivity contribution in [2.75, 3.05) is 45.6 Å². The third kappa shape index (κ3) is 5.97. The first kappa shape index (κ1) is 28.3. The average Bonchev–Trinajstić information content (AvgIpc) is 2.81. The first-order valence-corrected chi connectivity index (χ1v) is 13.6. The zero-order chi connectivity index (χ0) is 27.1. The first-order chi connectivity index (χ1) is 17.4. The molecule has 0 bridgehead atoms. The van der Waals surface area contributed by atoms with E-state index in [1.807, 2.05) is 0 Å². The predicted octanol–water partition coefficient (Wildman–Crippen LogP) is 5.00. The molecule has 2 aliphatic rings. The van der Waals surface area contributed by atoms with Crippen LogP contribution in [-0.4, -0.2) is 84.0 Å². The van der Waals surface area contributed by atoms with Gasteiger partial charge in [-0.05, 0) is 50.1 Å². The monoisotopic (exact) mass is 586 g/mol. The molecular weight excluding hydrogens is 558 g/mol. The first-order valence-electron chi connectivity index (χ1n) is 12.1. The Kier molecular flexibility index (Phi) is 8.53. The molecule has 0 spiro atoms. The Morgan fingerprint density at radius 2 is 1.59 bits per heavy atom. The van der Waals surface area contributed by atoms with Crippen LogP contribution in [0.25, 0.3) is 0 Å². The van der Waals surface area contributed by atoms with E-state index in [0.717, 1.165) is 31.6 Å². The van der Waals surface area contributed by atoms with E-state index in [1.54, 1.807) is 43.3 Å². The van der Waals surface area contributed by atoms with Gasteiger partial charge in [0, 0.05) is 67.6 Å². The third-order valence-electron chi connectivity index (χ3n) is 7.08. The van der Waals surface area contributed by atoms with Gasteiger partial charge in [-0.25, -0.2) is 0 Å². The van der Waals surface area contributed by atoms with E-state index in [0.29, 0.717) is 50.3 Å². The van der Waals surface area contributed by atoms with Crippen molar-refractivity contribution in [2.45, 2.75) is 37.5 Å². The molecule has 4 rings (SSSR count). The maximum Gasteiger partial charge on any atom is 0.258 e. The van der Waals surface area contributed by atoms with Crippen molar-refractivity contribution in [3.05, 3.63) is 61.5 Å². The van der Waals surface area contributed by atoms with Gasteiger partial charge in [0.15, 0.2) is 5.60 Å². The molecule has 2 aliphatic heterocycles. The van der Waals surface area contributed by atoms with Crippen LogP contribution in [0.4, 0.5) is 5.69 Å². The summed E-state index contributed by atoms with van der Waals surface area (Å²) in [5, 5.41) is 15.8. The average molecular weight is 588 g/mol. The highest BCUT2D eigenvalue weighted by atomic mass is 35.5. The normalized spacial score (nSPS) is 18.8. The lowest BCUT2D eigenvalue weighted by Gasteiger charge is -2.48. The fraction of sp³-hybridized carbons (Fsp3) is 0.462. The number of carbonyl (C=O) groups excluding carboxylic acids is 2. The minimum Gasteiger partial charge on any atom is -0.380 e. The predicted molar refractivity (Wildman–Crippen MR) is 149 cm³/mol. The molecule has 200 valence electrons. The lowest BCUT2D eigenvalue weighted by molar-refractivity contribution is -0.152. The van der Waals surface area contributed by atoms with E-state index in [1.165, 1.54) is 17.9 Å². The number of hydrogen-bond donors (Lipinski definition) is 2. The number of piperidine rings is 1. The van der Waals surface area contributed by atoms with Gasteiger partial charge in [0.1, 0.15) is 0 Å². The second-order valence-corrected chi connectivity index (χ2v) is 11.7. The van der Waals surface area contributed by atoms with Gasteiger partial charge in [-0.3, -0.25) is 14.5 Å². The van der Waals surface area contributed by atoms with Crippen LogP contribution < -0.4 is 5.32 Å². The zero-order valence-electron chi connectivity index (χ0n) is 20.9. The third-order valence-corrected chi connectivity index (χ3v) is 8.24. The molecule has 37 heavy (non-hydrogen) atoms. The van der Waals surface area contributed by atoms with Crippen molar-refractivity contribution >= 4 is 63.9 Å². The van der Waals surface area contributed by atoms with Crippen molar-refractivity contribution in [1.29, 1.82) is 0 Å². The number of anilines is 1. The highest BCUT2D eigenvalue weighted by molar-refractivity contribution is 6.40. The molecule has 2 fully saturated rings. The van der Waals surface area contributed by atoms with E-state index < -0.39 is 5.60 Å². The molecule has 2 aromatic rings. The fourth-order valence-corrected chi connectivity index (χ4v) is 6.07. The number of benzene rings is 2. The van der Waals surface area contributed by atoms with Crippen LogP contribution in [0.1, 0.15) is 35.7 Å². The Morgan fingerprint density at radius 1 is 1.00 bits per heavy atom. The summed E-state index contributed by atoms with van der Waals surface area (Å²) < 4.78 is 0. The molecule has 2 heterocycles. The number of halogens is 4. The van der Waals surface area contributed by atoms with E-state index in [2.05, 4.69) is 10.2 Å². The summed E-state index contributed by atoms with van der Waals surface area (Å²) in [6.07, 6.45) is 1.63. The summed E-state index contributed by atoms with van der Waals surface area (Å²) in [6, 6.07) is 8.79. The maximum atomic E-state index is 13.2. The highest BCUT2D eigenvalue weighted by Crippen LogP contribution is 2.34. The number of rotatable bonds is 6. The number of amides is 2. The smallest absolute Gasteiger partial charge is 0.258 e. The Morgan fingerprint density at radius 3 is 2.16 bits per heavy atom. The molecule has 0 aromatic heterocycles. The lowest BCUT2D eigenvalue weighted by Crippen LogP contribution is -2.61. The molecular formula is C26H30Cl4N4O3. The molecule has 2 aromatic carbocycles. The molecule has 1 atom stereocenters. The molecule has 7 nitrogen and oxygen atoms in total. The number of likely N-dealkylation sites (tertiary alicyclic amines) is 2. The van der Waals surface area contributed by atoms with Gasteiger partial charge in [-0.1, -0.05) is 46.4 Å². The van der Waals surface area contributed by atoms with Crippen LogP contribution in [0.2, 0.25) is 20.1 Å². The van der Waals surface area contributed by atoms with E-state index in [4.69, 9.17) is 46.4 Å². The number of hydrogen-bond acceptors (Lipinski definition) is 5. The van der Waals surface area contributed by atoms with Gasteiger partial charge in [0.05, 0.1) is 21.7 Å². The maximum absolute atomic E-state index is 13.2. The van der Waals surface area contributed by atoms with Crippen molar-refractivity contribution in [3.63, 3.8) is 0 Å². The summed E-state index contributed by atoms with van der Waals surface area (Å²) in [6.45, 7) is 4.27. The fourth-order valence-electron chi connectivity index (χ4n) is 4.95. The topological polar surface area (TPSA) is 76.1 Å². The Labute approximate surface area is 237 Å². The quantitative estimate of drug-likeness (QED) is 0.497. The standard InChI is InChI=1S/C26H30Cl4N4O3/c1-26(37,19-10-15(27)4-5-20(19)28)25(36)33-8-6-18(7-9-33)34-13-17(14-34)31-16-11-21(29)23(22(30)12-16)24(35)32(2)3/h4-5,10-12,17-18,31,37H,6-9,13-14H2,1-3H3/t26-/m0/s1. The molecule has 0 radical (unpaired) electrons. The lowest BCUT2D eigenvalue weighted by atomic mass is 9.92. The van der Waals surface area contributed by atoms with Crippen LogP contribution in [0.3, 0.4) is 0 Å². The van der Waals surface area contributed by atoms with Gasteiger partial charge < -0.3 is 20.2 Å². The van der Waals surface area contributed by atoms with Crippen LogP contribution >= 0.6 is 46.4 Å². The molecule has 2 saturated heterocycles. The van der Waals surface area contributed by atoms with Gasteiger partial charge in [-0.2, -0.15) is 0 Å². The number of nitrogens with zero attached hydrogens (tertiary/aromatic N) is 3. The van der Waals surface area contributed by atoms with Gasteiger partial charge in [-0.15, -0.1) is 0 Å². The van der Waals surface area contributed by atoms with Crippen LogP contribution in [0, 0.1) is 0 Å². The summed E-state index contributed by atoms with van der Waals surface area (Å²) in [7, 11) is 3.31. The second-order valence-electron chi connectivity index (χ2n) is 10.0. The Hall–Kier alpha value is -1.74. The number of nitrogens with one attached hydrogen (secondary N) is 1. The van der Waals surface area contributed by atoms with E-state index >= 15 is 0 Å². The largest absolute Gasteiger partial charge is 0.380 e. The summed E-state index contributed by atoms with van der Waals surface area (Å²) >= 11 is 25.0. The van der Waals surface area contributed by atoms with Crippen molar-refractivity contribution in [2.24, 2.45) is 0 Å². The summed E-state index contributed by atoms with van der Waals surface area (Å²) in [4.78, 5) is 31.0. The van der Waals surface area contributed by atoms with Crippen LogP contribution in [0.5, 0.6) is 0 Å². The van der Waals surface area contributed by atoms with Crippen LogP contribution in [0.15, 0.2) is 30.3 Å². The molecule has 0 unspecified atom stereocenters. The van der Waals surface area contributed by atoms with Crippen molar-refractivity contribution < 1.29 is 14.7 Å². The molecule has 2 amide bonds. The van der Waals surface area contributed by atoms with Crippen molar-refractivity contribution in [1.82, 2.24) is 14.7 Å². The van der Waals surface area contributed by atoms with Gasteiger partial charge in [0.25, 0.3) is 11.8 Å². The minimum atomic E-state index is -1.75. The van der Waals surface area contributed by atoms with Crippen LogP contribution in [-0.2, 0) is 10.4 Å². The Balaban J connectivity index is 1.29. The van der Waals surface area contributed by atoms with Gasteiger partial charge in [0.2, 0.25) is 0 Å². The van der Waals surface area contributed by atoms with E-state index in [9.17, 15) is 14.7 Å². The number of aliphatic hydroxyl groups is 1. The highest BCUT2D eigenvalue weighted by Gasteiger charge is 2.41. The molecule has 0 saturated carbocycles. The summed E-state index contributed by atoms with van der Waals surface area (Å²) in [5.41, 5.74) is -0.371. The number of carbonyl (C=O) groups is 2. The SMILES string of the molecule is CN(C)C(=O)c1c(Cl)cc(NC2CN(C3CCN(C(=O)[C@@](C)(O)c4cc(Cl)ccc4Cl)CC3)C2)cc1Cl. The molecule has 0 aliphatic carbocycles. The minimum absolute atomic E-state index is 0.230.